The molecule has 1 fully saturated rings. The summed E-state index contributed by atoms with van der Waals surface area (Å²) in [6, 6.07) is 0. The molecule has 2 N–H and O–H groups in total. The van der Waals surface area contributed by atoms with Crippen molar-refractivity contribution in [1.29, 1.82) is 0 Å². The summed E-state index contributed by atoms with van der Waals surface area (Å²) in [7, 11) is 0. The van der Waals surface area contributed by atoms with Gasteiger partial charge in [-0.3, -0.25) is 9.59 Å². The Hall–Kier alpha value is -1.42. The van der Waals surface area contributed by atoms with Crippen LogP contribution in [-0.4, -0.2) is 27.6 Å². The van der Waals surface area contributed by atoms with E-state index >= 15 is 0 Å². The molecular weight excluding hydrogens is 340 g/mol. The second-order valence-electron chi connectivity index (χ2n) is 8.41. The number of hydrogen-bond acceptors (Lipinski definition) is 3. The van der Waals surface area contributed by atoms with Crippen LogP contribution in [0.1, 0.15) is 84.0 Å². The lowest BCUT2D eigenvalue weighted by Crippen LogP contribution is -2.30. The first kappa shape index (κ1) is 21.9. The van der Waals surface area contributed by atoms with Crippen LogP contribution >= 0.6 is 0 Å². The van der Waals surface area contributed by atoms with Gasteiger partial charge < -0.3 is 10.2 Å². The molecule has 0 aromatic heterocycles. The summed E-state index contributed by atoms with van der Waals surface area (Å²) in [5.74, 6) is 0.0895. The zero-order valence-electron chi connectivity index (χ0n) is 16.7. The molecule has 0 spiro atoms. The fourth-order valence-corrected chi connectivity index (χ4v) is 4.19. The molecule has 2 aliphatic rings. The Balaban J connectivity index is 1.76. The van der Waals surface area contributed by atoms with E-state index in [-0.39, 0.29) is 24.0 Å². The maximum absolute atomic E-state index is 12.2. The van der Waals surface area contributed by atoms with Crippen molar-refractivity contribution in [2.75, 3.05) is 0 Å². The predicted molar refractivity (Wildman–Crippen MR) is 107 cm³/mol. The molecule has 0 aromatic rings. The monoisotopic (exact) mass is 376 g/mol. The van der Waals surface area contributed by atoms with Crippen LogP contribution in [0.5, 0.6) is 0 Å². The van der Waals surface area contributed by atoms with Gasteiger partial charge in [0.1, 0.15) is 0 Å². The molecule has 152 valence electrons. The van der Waals surface area contributed by atoms with Crippen LogP contribution in [0.15, 0.2) is 24.3 Å². The van der Waals surface area contributed by atoms with E-state index in [1.165, 1.54) is 0 Å². The molecule has 27 heavy (non-hydrogen) atoms. The van der Waals surface area contributed by atoms with E-state index in [9.17, 15) is 14.7 Å². The summed E-state index contributed by atoms with van der Waals surface area (Å²) in [4.78, 5) is 22.7. The molecule has 4 heteroatoms. The van der Waals surface area contributed by atoms with Crippen molar-refractivity contribution in [3.63, 3.8) is 0 Å². The predicted octanol–water partition coefficient (Wildman–Crippen LogP) is 5.06. The van der Waals surface area contributed by atoms with Gasteiger partial charge >= 0.3 is 5.97 Å². The number of carbonyl (C=O) groups excluding carboxylic acids is 1. The summed E-state index contributed by atoms with van der Waals surface area (Å²) in [5, 5.41) is 19.6. The number of rotatable bonds is 14. The third-order valence-electron chi connectivity index (χ3n) is 6.10. The SMILES string of the molecule is CCCCC(O)(CC=C[C@H]1C=CC(=O)[C@@H]1CCCCCCC(=O)O)C1CC1. The van der Waals surface area contributed by atoms with Crippen LogP contribution in [0.4, 0.5) is 0 Å². The van der Waals surface area contributed by atoms with Crippen molar-refractivity contribution in [1.82, 2.24) is 0 Å². The number of allylic oxidation sites excluding steroid dienone is 3. The molecule has 0 heterocycles. The first-order valence-corrected chi connectivity index (χ1v) is 10.8. The Morgan fingerprint density at radius 1 is 1.22 bits per heavy atom. The van der Waals surface area contributed by atoms with Crippen LogP contribution in [0.2, 0.25) is 0 Å². The van der Waals surface area contributed by atoms with Crippen molar-refractivity contribution < 1.29 is 19.8 Å². The number of carboxylic acids is 1. The molecule has 0 amide bonds. The Morgan fingerprint density at radius 2 is 1.96 bits per heavy atom. The Labute approximate surface area is 163 Å². The zero-order chi connectivity index (χ0) is 19.7. The molecule has 0 aromatic carbocycles. The molecule has 2 rings (SSSR count). The minimum absolute atomic E-state index is 0.0189. The third-order valence-corrected chi connectivity index (χ3v) is 6.10. The molecule has 1 unspecified atom stereocenters. The largest absolute Gasteiger partial charge is 0.481 e. The highest BCUT2D eigenvalue weighted by Crippen LogP contribution is 2.44. The van der Waals surface area contributed by atoms with Crippen LogP contribution in [0.25, 0.3) is 0 Å². The Bertz CT molecular complexity index is 547. The van der Waals surface area contributed by atoms with Crippen LogP contribution < -0.4 is 0 Å². The lowest BCUT2D eigenvalue weighted by atomic mass is 9.85. The van der Waals surface area contributed by atoms with Gasteiger partial charge in [-0.2, -0.15) is 0 Å². The Kier molecular flexibility index (Phi) is 8.75. The van der Waals surface area contributed by atoms with Gasteiger partial charge in [0.25, 0.3) is 0 Å². The highest BCUT2D eigenvalue weighted by Gasteiger charge is 2.42. The van der Waals surface area contributed by atoms with Crippen molar-refractivity contribution in [2.45, 2.75) is 89.6 Å². The van der Waals surface area contributed by atoms with Crippen molar-refractivity contribution in [3.05, 3.63) is 24.3 Å². The van der Waals surface area contributed by atoms with Crippen LogP contribution in [0.3, 0.4) is 0 Å². The fraction of sp³-hybridized carbons (Fsp3) is 0.739. The maximum Gasteiger partial charge on any atom is 0.303 e. The number of ketones is 1. The number of carbonyl (C=O) groups is 2. The number of unbranched alkanes of at least 4 members (excludes halogenated alkanes) is 4. The molecular formula is C23H36O4. The summed E-state index contributed by atoms with van der Waals surface area (Å²) >= 11 is 0. The molecule has 0 saturated heterocycles. The second-order valence-corrected chi connectivity index (χ2v) is 8.41. The van der Waals surface area contributed by atoms with E-state index in [2.05, 4.69) is 19.1 Å². The number of aliphatic carboxylic acids is 1. The lowest BCUT2D eigenvalue weighted by molar-refractivity contribution is -0.137. The number of aliphatic hydroxyl groups is 1. The quantitative estimate of drug-likeness (QED) is 0.328. The molecule has 4 nitrogen and oxygen atoms in total. The van der Waals surface area contributed by atoms with E-state index < -0.39 is 11.6 Å². The molecule has 0 aliphatic heterocycles. The molecule has 3 atom stereocenters. The van der Waals surface area contributed by atoms with Crippen LogP contribution in [0, 0.1) is 17.8 Å². The molecule has 2 aliphatic carbocycles. The normalized spacial score (nSPS) is 24.6. The molecule has 0 radical (unpaired) electrons. The zero-order valence-corrected chi connectivity index (χ0v) is 16.7. The Morgan fingerprint density at radius 3 is 2.63 bits per heavy atom. The summed E-state index contributed by atoms with van der Waals surface area (Å²) in [5.41, 5.74) is -0.557. The maximum atomic E-state index is 12.2. The third kappa shape index (κ3) is 7.25. The van der Waals surface area contributed by atoms with Crippen molar-refractivity contribution >= 4 is 11.8 Å². The lowest BCUT2D eigenvalue weighted by Gasteiger charge is -2.27. The van der Waals surface area contributed by atoms with Crippen molar-refractivity contribution in [2.24, 2.45) is 17.8 Å². The minimum Gasteiger partial charge on any atom is -0.481 e. The van der Waals surface area contributed by atoms with Gasteiger partial charge in [-0.25, -0.2) is 0 Å². The van der Waals surface area contributed by atoms with Crippen LogP contribution in [-0.2, 0) is 9.59 Å². The average molecular weight is 377 g/mol. The van der Waals surface area contributed by atoms with E-state index in [0.29, 0.717) is 18.8 Å². The average Bonchev–Trinajstić information content (AvgIpc) is 3.43. The van der Waals surface area contributed by atoms with E-state index in [1.807, 2.05) is 6.08 Å². The summed E-state index contributed by atoms with van der Waals surface area (Å²) in [6.45, 7) is 2.16. The van der Waals surface area contributed by atoms with Gasteiger partial charge in [-0.1, -0.05) is 57.3 Å². The number of carboxylic acid groups (broad SMARTS) is 1. The van der Waals surface area contributed by atoms with Gasteiger partial charge in [0.05, 0.1) is 5.60 Å². The second kappa shape index (κ2) is 10.8. The van der Waals surface area contributed by atoms with E-state index in [1.54, 1.807) is 6.08 Å². The van der Waals surface area contributed by atoms with Crippen molar-refractivity contribution in [3.8, 4) is 0 Å². The first-order valence-electron chi connectivity index (χ1n) is 10.8. The highest BCUT2D eigenvalue weighted by molar-refractivity contribution is 5.94. The van der Waals surface area contributed by atoms with Gasteiger partial charge in [-0.15, -0.1) is 0 Å². The smallest absolute Gasteiger partial charge is 0.303 e. The first-order chi connectivity index (χ1) is 13.0. The molecule has 0 bridgehead atoms. The van der Waals surface area contributed by atoms with Gasteiger partial charge in [-0.05, 0) is 50.5 Å². The summed E-state index contributed by atoms with van der Waals surface area (Å²) in [6.07, 6.45) is 18.6. The van der Waals surface area contributed by atoms with Gasteiger partial charge in [0.15, 0.2) is 5.78 Å². The topological polar surface area (TPSA) is 74.6 Å². The van der Waals surface area contributed by atoms with E-state index in [4.69, 9.17) is 5.11 Å². The molecule has 1 saturated carbocycles. The minimum atomic E-state index is -0.736. The standard InChI is InChI=1S/C23H36O4/c1-2-3-16-23(27,19-13-14-19)17-8-9-18-12-15-21(24)20(18)10-6-4-5-7-11-22(25)26/h8-9,12,15,18-20,27H,2-7,10-11,13-14,16-17H2,1H3,(H,25,26)/t18-,20+,23?/m0/s1. The van der Waals surface area contributed by atoms with Gasteiger partial charge in [0.2, 0.25) is 0 Å². The van der Waals surface area contributed by atoms with Gasteiger partial charge in [0, 0.05) is 18.3 Å². The fourth-order valence-electron chi connectivity index (χ4n) is 4.19. The highest BCUT2D eigenvalue weighted by atomic mass is 16.4. The van der Waals surface area contributed by atoms with E-state index in [0.717, 1.165) is 57.8 Å². The number of hydrogen-bond donors (Lipinski definition) is 2. The summed E-state index contributed by atoms with van der Waals surface area (Å²) < 4.78 is 0.